The van der Waals surface area contributed by atoms with Crippen LogP contribution in [0.25, 0.3) is 22.2 Å². The minimum atomic E-state index is 0.603. The first-order chi connectivity index (χ1) is 9.40. The van der Waals surface area contributed by atoms with Gasteiger partial charge in [-0.1, -0.05) is 18.2 Å². The number of aromatic amines is 1. The molecule has 4 rings (SSSR count). The van der Waals surface area contributed by atoms with Crippen LogP contribution in [0.2, 0.25) is 0 Å². The zero-order valence-electron chi connectivity index (χ0n) is 10.4. The van der Waals surface area contributed by atoms with Gasteiger partial charge in [-0.2, -0.15) is 0 Å². The fourth-order valence-electron chi connectivity index (χ4n) is 2.30. The van der Waals surface area contributed by atoms with Crippen LogP contribution in [-0.2, 0) is 0 Å². The first-order valence-electron chi connectivity index (χ1n) is 6.55. The Morgan fingerprint density at radius 2 is 2.05 bits per heavy atom. The standard InChI is InChI=1S/C15H14N4/c1-2-4-13-11(3-1)12(8-16-13)14-7-15(18-9-17-14)19-10-5-6-10/h1-4,7-10,16H,5-6H2,(H,17,18,19). The summed E-state index contributed by atoms with van der Waals surface area (Å²) in [7, 11) is 0. The fraction of sp³-hybridized carbons (Fsp3) is 0.200. The highest BCUT2D eigenvalue weighted by atomic mass is 15.1. The lowest BCUT2D eigenvalue weighted by Gasteiger charge is -2.04. The summed E-state index contributed by atoms with van der Waals surface area (Å²) in [5.41, 5.74) is 3.21. The monoisotopic (exact) mass is 250 g/mol. The van der Waals surface area contributed by atoms with Gasteiger partial charge in [-0.25, -0.2) is 9.97 Å². The van der Waals surface area contributed by atoms with Gasteiger partial charge in [0.25, 0.3) is 0 Å². The van der Waals surface area contributed by atoms with Crippen LogP contribution in [0.4, 0.5) is 5.82 Å². The van der Waals surface area contributed by atoms with Crippen LogP contribution in [0, 0.1) is 0 Å². The lowest BCUT2D eigenvalue weighted by atomic mass is 10.1. The number of benzene rings is 1. The van der Waals surface area contributed by atoms with Crippen LogP contribution < -0.4 is 5.32 Å². The molecule has 4 heteroatoms. The maximum absolute atomic E-state index is 4.39. The fourth-order valence-corrected chi connectivity index (χ4v) is 2.30. The number of anilines is 1. The van der Waals surface area contributed by atoms with Crippen LogP contribution in [0.5, 0.6) is 0 Å². The van der Waals surface area contributed by atoms with Gasteiger partial charge in [0.2, 0.25) is 0 Å². The average molecular weight is 250 g/mol. The SMILES string of the molecule is c1ccc2c(-c3cc(NC4CC4)ncn3)c[nH]c2c1. The highest BCUT2D eigenvalue weighted by molar-refractivity contribution is 5.94. The predicted octanol–water partition coefficient (Wildman–Crippen LogP) is 3.20. The molecule has 94 valence electrons. The number of rotatable bonds is 3. The van der Waals surface area contributed by atoms with Gasteiger partial charge >= 0.3 is 0 Å². The minimum Gasteiger partial charge on any atom is -0.367 e. The normalized spacial score (nSPS) is 14.7. The Morgan fingerprint density at radius 1 is 1.16 bits per heavy atom. The molecule has 0 bridgehead atoms. The smallest absolute Gasteiger partial charge is 0.130 e. The molecule has 0 aliphatic heterocycles. The summed E-state index contributed by atoms with van der Waals surface area (Å²) < 4.78 is 0. The second kappa shape index (κ2) is 4.09. The molecule has 0 saturated heterocycles. The third kappa shape index (κ3) is 1.95. The first-order valence-corrected chi connectivity index (χ1v) is 6.55. The van der Waals surface area contributed by atoms with E-state index in [-0.39, 0.29) is 0 Å². The minimum absolute atomic E-state index is 0.603. The van der Waals surface area contributed by atoms with Crippen molar-refractivity contribution in [2.45, 2.75) is 18.9 Å². The summed E-state index contributed by atoms with van der Waals surface area (Å²) in [5.74, 6) is 0.915. The van der Waals surface area contributed by atoms with E-state index in [1.54, 1.807) is 6.33 Å². The lowest BCUT2D eigenvalue weighted by molar-refractivity contribution is 1.08. The van der Waals surface area contributed by atoms with Crippen molar-refractivity contribution >= 4 is 16.7 Å². The molecule has 1 aliphatic rings. The van der Waals surface area contributed by atoms with E-state index < -0.39 is 0 Å². The quantitative estimate of drug-likeness (QED) is 0.750. The Labute approximate surface area is 110 Å². The number of nitrogens with zero attached hydrogens (tertiary/aromatic N) is 2. The summed E-state index contributed by atoms with van der Waals surface area (Å²) in [5, 5.41) is 4.60. The topological polar surface area (TPSA) is 53.6 Å². The largest absolute Gasteiger partial charge is 0.367 e. The van der Waals surface area contributed by atoms with E-state index in [0.717, 1.165) is 22.6 Å². The molecule has 0 atom stereocenters. The Hall–Kier alpha value is -2.36. The zero-order chi connectivity index (χ0) is 12.7. The molecule has 1 aliphatic carbocycles. The molecular weight excluding hydrogens is 236 g/mol. The Bertz CT molecular complexity index is 728. The molecule has 19 heavy (non-hydrogen) atoms. The molecular formula is C15H14N4. The van der Waals surface area contributed by atoms with Gasteiger partial charge in [-0.3, -0.25) is 0 Å². The molecule has 1 saturated carbocycles. The number of aromatic nitrogens is 3. The predicted molar refractivity (Wildman–Crippen MR) is 76.0 cm³/mol. The molecule has 2 N–H and O–H groups in total. The molecule has 1 fully saturated rings. The van der Waals surface area contributed by atoms with Gasteiger partial charge in [0.15, 0.2) is 0 Å². The third-order valence-electron chi connectivity index (χ3n) is 3.46. The van der Waals surface area contributed by atoms with Crippen molar-refractivity contribution in [1.29, 1.82) is 0 Å². The van der Waals surface area contributed by atoms with Crippen molar-refractivity contribution in [2.24, 2.45) is 0 Å². The molecule has 2 aromatic heterocycles. The second-order valence-corrected chi connectivity index (χ2v) is 4.96. The molecule has 2 heterocycles. The van der Waals surface area contributed by atoms with Crippen molar-refractivity contribution in [3.63, 3.8) is 0 Å². The lowest BCUT2D eigenvalue weighted by Crippen LogP contribution is -2.03. The van der Waals surface area contributed by atoms with Gasteiger partial charge in [0.05, 0.1) is 5.69 Å². The molecule has 0 amide bonds. The van der Waals surface area contributed by atoms with Gasteiger partial charge in [0, 0.05) is 34.8 Å². The summed E-state index contributed by atoms with van der Waals surface area (Å²) >= 11 is 0. The molecule has 0 spiro atoms. The number of H-pyrrole nitrogens is 1. The van der Waals surface area contributed by atoms with E-state index in [1.165, 1.54) is 18.2 Å². The van der Waals surface area contributed by atoms with E-state index in [9.17, 15) is 0 Å². The Balaban J connectivity index is 1.78. The number of fused-ring (bicyclic) bond motifs is 1. The summed E-state index contributed by atoms with van der Waals surface area (Å²) in [6.45, 7) is 0. The number of hydrogen-bond donors (Lipinski definition) is 2. The van der Waals surface area contributed by atoms with Crippen LogP contribution in [0.1, 0.15) is 12.8 Å². The number of nitrogens with one attached hydrogen (secondary N) is 2. The van der Waals surface area contributed by atoms with Crippen molar-refractivity contribution in [3.8, 4) is 11.3 Å². The van der Waals surface area contributed by atoms with E-state index in [1.807, 2.05) is 24.4 Å². The molecule has 4 nitrogen and oxygen atoms in total. The molecule has 0 unspecified atom stereocenters. The van der Waals surface area contributed by atoms with Crippen molar-refractivity contribution < 1.29 is 0 Å². The number of hydrogen-bond acceptors (Lipinski definition) is 3. The number of para-hydroxylation sites is 1. The molecule has 3 aromatic rings. The van der Waals surface area contributed by atoms with Gasteiger partial charge in [-0.15, -0.1) is 0 Å². The Kier molecular flexibility index (Phi) is 2.27. The summed E-state index contributed by atoms with van der Waals surface area (Å²) in [6, 6.07) is 10.9. The van der Waals surface area contributed by atoms with Crippen LogP contribution in [-0.4, -0.2) is 21.0 Å². The summed E-state index contributed by atoms with van der Waals surface area (Å²) in [6.07, 6.45) is 6.12. The van der Waals surface area contributed by atoms with Crippen LogP contribution >= 0.6 is 0 Å². The molecule has 0 radical (unpaired) electrons. The third-order valence-corrected chi connectivity index (χ3v) is 3.46. The second-order valence-electron chi connectivity index (χ2n) is 4.96. The molecule has 1 aromatic carbocycles. The van der Waals surface area contributed by atoms with E-state index in [4.69, 9.17) is 0 Å². The van der Waals surface area contributed by atoms with Crippen molar-refractivity contribution in [1.82, 2.24) is 15.0 Å². The maximum Gasteiger partial charge on any atom is 0.130 e. The summed E-state index contributed by atoms with van der Waals surface area (Å²) in [4.78, 5) is 11.9. The van der Waals surface area contributed by atoms with Gasteiger partial charge in [-0.05, 0) is 18.9 Å². The average Bonchev–Trinajstić information content (AvgIpc) is 3.16. The van der Waals surface area contributed by atoms with Crippen LogP contribution in [0.3, 0.4) is 0 Å². The van der Waals surface area contributed by atoms with Crippen molar-refractivity contribution in [3.05, 3.63) is 42.9 Å². The highest BCUT2D eigenvalue weighted by Gasteiger charge is 2.21. The zero-order valence-corrected chi connectivity index (χ0v) is 10.4. The van der Waals surface area contributed by atoms with Crippen LogP contribution in [0.15, 0.2) is 42.9 Å². The van der Waals surface area contributed by atoms with Crippen molar-refractivity contribution in [2.75, 3.05) is 5.32 Å². The maximum atomic E-state index is 4.39. The van der Waals surface area contributed by atoms with E-state index >= 15 is 0 Å². The van der Waals surface area contributed by atoms with Gasteiger partial charge in [0.1, 0.15) is 12.1 Å². The highest BCUT2D eigenvalue weighted by Crippen LogP contribution is 2.29. The van der Waals surface area contributed by atoms with E-state index in [0.29, 0.717) is 6.04 Å². The Morgan fingerprint density at radius 3 is 2.95 bits per heavy atom. The first kappa shape index (κ1) is 10.6. The van der Waals surface area contributed by atoms with Gasteiger partial charge < -0.3 is 10.3 Å². The van der Waals surface area contributed by atoms with E-state index in [2.05, 4.69) is 32.4 Å².